The highest BCUT2D eigenvalue weighted by molar-refractivity contribution is 9.10. The smallest absolute Gasteiger partial charge is 0.295 e. The Hall–Kier alpha value is -1.88. The van der Waals surface area contributed by atoms with Crippen molar-refractivity contribution in [3.63, 3.8) is 0 Å². The van der Waals surface area contributed by atoms with Crippen LogP contribution in [0.3, 0.4) is 0 Å². The molecule has 2 heterocycles. The second kappa shape index (κ2) is 5.48. The van der Waals surface area contributed by atoms with Crippen LogP contribution in [0, 0.1) is 0 Å². The summed E-state index contributed by atoms with van der Waals surface area (Å²) in [7, 11) is 0. The number of fused-ring (bicyclic) bond motifs is 1. The molecule has 0 saturated carbocycles. The molecule has 0 aliphatic carbocycles. The Labute approximate surface area is 131 Å². The Morgan fingerprint density at radius 3 is 2.57 bits per heavy atom. The van der Waals surface area contributed by atoms with Crippen LogP contribution in [-0.2, 0) is 11.3 Å². The van der Waals surface area contributed by atoms with Gasteiger partial charge in [0, 0.05) is 35.0 Å². The molecule has 0 unspecified atom stereocenters. The molecule has 0 spiro atoms. The van der Waals surface area contributed by atoms with Crippen molar-refractivity contribution in [1.82, 2.24) is 9.47 Å². The molecular weight excluding hydrogens is 332 g/mol. The Morgan fingerprint density at radius 1 is 1.14 bits per heavy atom. The summed E-state index contributed by atoms with van der Waals surface area (Å²) in [5, 5.41) is 0. The first-order valence-electron chi connectivity index (χ1n) is 6.84. The first-order valence-corrected chi connectivity index (χ1v) is 7.63. The van der Waals surface area contributed by atoms with Crippen molar-refractivity contribution in [2.45, 2.75) is 19.5 Å². The lowest BCUT2D eigenvalue weighted by Crippen LogP contribution is -2.44. The van der Waals surface area contributed by atoms with Gasteiger partial charge in [-0.2, -0.15) is 0 Å². The SMILES string of the molecule is C[C@H]1c2cccn2CCN1C(=O)C(=O)c1ccc(Br)cc1. The molecule has 1 aromatic carbocycles. The van der Waals surface area contributed by atoms with Gasteiger partial charge >= 0.3 is 0 Å². The normalized spacial score (nSPS) is 17.4. The van der Waals surface area contributed by atoms with Crippen LogP contribution in [0.5, 0.6) is 0 Å². The molecule has 1 atom stereocenters. The summed E-state index contributed by atoms with van der Waals surface area (Å²) in [6.07, 6.45) is 2.00. The van der Waals surface area contributed by atoms with Crippen LogP contribution in [0.25, 0.3) is 0 Å². The van der Waals surface area contributed by atoms with Gasteiger partial charge in [-0.15, -0.1) is 0 Å². The van der Waals surface area contributed by atoms with Crippen molar-refractivity contribution in [1.29, 1.82) is 0 Å². The van der Waals surface area contributed by atoms with Gasteiger partial charge < -0.3 is 9.47 Å². The van der Waals surface area contributed by atoms with Gasteiger partial charge in [0.15, 0.2) is 0 Å². The quantitative estimate of drug-likeness (QED) is 0.619. The number of hydrogen-bond acceptors (Lipinski definition) is 2. The minimum absolute atomic E-state index is 0.0827. The number of aromatic nitrogens is 1. The molecule has 3 rings (SSSR count). The summed E-state index contributed by atoms with van der Waals surface area (Å²) in [6, 6.07) is 10.8. The standard InChI is InChI=1S/C16H15BrN2O2/c1-11-14-3-2-8-18(14)9-10-19(11)16(21)15(20)12-4-6-13(17)7-5-12/h2-8,11H,9-10H2,1H3/t11-/m0/s1. The van der Waals surface area contributed by atoms with Gasteiger partial charge in [-0.05, 0) is 43.3 Å². The van der Waals surface area contributed by atoms with E-state index in [9.17, 15) is 9.59 Å². The van der Waals surface area contributed by atoms with Crippen molar-refractivity contribution >= 4 is 27.6 Å². The van der Waals surface area contributed by atoms with E-state index in [1.165, 1.54) is 0 Å². The summed E-state index contributed by atoms with van der Waals surface area (Å²) < 4.78 is 3.01. The van der Waals surface area contributed by atoms with Crippen LogP contribution < -0.4 is 0 Å². The molecule has 0 saturated heterocycles. The monoisotopic (exact) mass is 346 g/mol. The van der Waals surface area contributed by atoms with Crippen LogP contribution in [0.15, 0.2) is 47.1 Å². The van der Waals surface area contributed by atoms with Gasteiger partial charge in [0.1, 0.15) is 0 Å². The lowest BCUT2D eigenvalue weighted by molar-refractivity contribution is -0.129. The minimum Gasteiger partial charge on any atom is -0.348 e. The maximum absolute atomic E-state index is 12.5. The van der Waals surface area contributed by atoms with Gasteiger partial charge in [-0.25, -0.2) is 0 Å². The predicted molar refractivity (Wildman–Crippen MR) is 83.0 cm³/mol. The Morgan fingerprint density at radius 2 is 1.86 bits per heavy atom. The average Bonchev–Trinajstić information content (AvgIpc) is 2.96. The zero-order valence-electron chi connectivity index (χ0n) is 11.6. The molecule has 1 amide bonds. The predicted octanol–water partition coefficient (Wildman–Crippen LogP) is 3.04. The highest BCUT2D eigenvalue weighted by atomic mass is 79.9. The second-order valence-corrected chi connectivity index (χ2v) is 6.05. The lowest BCUT2D eigenvalue weighted by Gasteiger charge is -2.34. The highest BCUT2D eigenvalue weighted by Crippen LogP contribution is 2.26. The molecule has 0 fully saturated rings. The molecule has 4 nitrogen and oxygen atoms in total. The summed E-state index contributed by atoms with van der Waals surface area (Å²) in [6.45, 7) is 3.24. The summed E-state index contributed by atoms with van der Waals surface area (Å²) in [5.74, 6) is -0.883. The summed E-state index contributed by atoms with van der Waals surface area (Å²) in [5.41, 5.74) is 1.49. The van der Waals surface area contributed by atoms with Crippen LogP contribution in [0.4, 0.5) is 0 Å². The maximum Gasteiger partial charge on any atom is 0.295 e. The number of carbonyl (C=O) groups is 2. The van der Waals surface area contributed by atoms with Gasteiger partial charge in [0.25, 0.3) is 5.91 Å². The molecule has 0 bridgehead atoms. The van der Waals surface area contributed by atoms with E-state index in [1.807, 2.05) is 25.3 Å². The van der Waals surface area contributed by atoms with E-state index in [0.717, 1.165) is 16.7 Å². The molecule has 108 valence electrons. The minimum atomic E-state index is -0.450. The van der Waals surface area contributed by atoms with E-state index in [1.54, 1.807) is 29.2 Å². The average molecular weight is 347 g/mol. The molecule has 1 aromatic heterocycles. The van der Waals surface area contributed by atoms with Crippen molar-refractivity contribution in [3.05, 3.63) is 58.3 Å². The van der Waals surface area contributed by atoms with E-state index in [0.29, 0.717) is 12.1 Å². The van der Waals surface area contributed by atoms with Crippen LogP contribution in [0.2, 0.25) is 0 Å². The van der Waals surface area contributed by atoms with E-state index < -0.39 is 11.7 Å². The third-order valence-electron chi connectivity index (χ3n) is 3.90. The number of amides is 1. The molecule has 0 N–H and O–H groups in total. The van der Waals surface area contributed by atoms with E-state index in [-0.39, 0.29) is 6.04 Å². The topological polar surface area (TPSA) is 42.3 Å². The zero-order valence-corrected chi connectivity index (χ0v) is 13.2. The number of halogens is 1. The van der Waals surface area contributed by atoms with Gasteiger partial charge in [-0.3, -0.25) is 9.59 Å². The van der Waals surface area contributed by atoms with E-state index in [4.69, 9.17) is 0 Å². The number of hydrogen-bond donors (Lipinski definition) is 0. The number of carbonyl (C=O) groups excluding carboxylic acids is 2. The van der Waals surface area contributed by atoms with Crippen LogP contribution >= 0.6 is 15.9 Å². The maximum atomic E-state index is 12.5. The fourth-order valence-corrected chi connectivity index (χ4v) is 2.98. The zero-order chi connectivity index (χ0) is 15.0. The number of Topliss-reactive ketones (excluding diaryl/α,β-unsaturated/α-hetero) is 1. The molecule has 21 heavy (non-hydrogen) atoms. The molecule has 0 radical (unpaired) electrons. The summed E-state index contributed by atoms with van der Waals surface area (Å²) in [4.78, 5) is 26.5. The molecule has 2 aromatic rings. The number of benzene rings is 1. The number of nitrogens with zero attached hydrogens (tertiary/aromatic N) is 2. The third kappa shape index (κ3) is 2.53. The van der Waals surface area contributed by atoms with Crippen LogP contribution in [0.1, 0.15) is 29.0 Å². The first kappa shape index (κ1) is 14.1. The molecule has 5 heteroatoms. The van der Waals surface area contributed by atoms with E-state index >= 15 is 0 Å². The van der Waals surface area contributed by atoms with E-state index in [2.05, 4.69) is 20.5 Å². The number of rotatable bonds is 2. The Balaban J connectivity index is 1.83. The molecule has 1 aliphatic rings. The summed E-state index contributed by atoms with van der Waals surface area (Å²) >= 11 is 3.32. The van der Waals surface area contributed by atoms with Crippen molar-refractivity contribution in [2.75, 3.05) is 6.54 Å². The van der Waals surface area contributed by atoms with Crippen molar-refractivity contribution in [3.8, 4) is 0 Å². The third-order valence-corrected chi connectivity index (χ3v) is 4.43. The highest BCUT2D eigenvalue weighted by Gasteiger charge is 2.31. The fourth-order valence-electron chi connectivity index (χ4n) is 2.71. The van der Waals surface area contributed by atoms with Gasteiger partial charge in [0.05, 0.1) is 6.04 Å². The van der Waals surface area contributed by atoms with Crippen molar-refractivity contribution < 1.29 is 9.59 Å². The Kier molecular flexibility index (Phi) is 3.68. The van der Waals surface area contributed by atoms with Crippen molar-refractivity contribution in [2.24, 2.45) is 0 Å². The first-order chi connectivity index (χ1) is 10.1. The molecular formula is C16H15BrN2O2. The second-order valence-electron chi connectivity index (χ2n) is 5.14. The fraction of sp³-hybridized carbons (Fsp3) is 0.250. The van der Waals surface area contributed by atoms with Gasteiger partial charge in [-0.1, -0.05) is 15.9 Å². The lowest BCUT2D eigenvalue weighted by atomic mass is 10.1. The Bertz CT molecular complexity index is 691. The molecule has 1 aliphatic heterocycles. The van der Waals surface area contributed by atoms with Gasteiger partial charge in [0.2, 0.25) is 5.78 Å². The largest absolute Gasteiger partial charge is 0.348 e. The number of ketones is 1. The van der Waals surface area contributed by atoms with Crippen LogP contribution in [-0.4, -0.2) is 27.7 Å².